The molecule has 3 heterocycles. The van der Waals surface area contributed by atoms with Crippen LogP contribution in [0.25, 0.3) is 11.5 Å². The maximum Gasteiger partial charge on any atom is 0.225 e. The summed E-state index contributed by atoms with van der Waals surface area (Å²) < 4.78 is 23.7. The van der Waals surface area contributed by atoms with Crippen LogP contribution in [-0.4, -0.2) is 42.3 Å². The molecule has 1 N–H and O–H groups in total. The highest BCUT2D eigenvalue weighted by molar-refractivity contribution is 5.79. The Labute approximate surface area is 173 Å². The van der Waals surface area contributed by atoms with Crippen LogP contribution in [0.15, 0.2) is 59.2 Å². The molecule has 1 fully saturated rings. The Balaban J connectivity index is 1.25. The van der Waals surface area contributed by atoms with E-state index in [1.54, 1.807) is 18.4 Å². The molecule has 1 saturated heterocycles. The van der Waals surface area contributed by atoms with E-state index in [9.17, 15) is 9.18 Å². The number of rotatable bonds is 7. The first-order valence-electron chi connectivity index (χ1n) is 9.98. The third-order valence-corrected chi connectivity index (χ3v) is 5.02. The molecule has 30 heavy (non-hydrogen) atoms. The molecule has 7 nitrogen and oxygen atoms in total. The lowest BCUT2D eigenvalue weighted by atomic mass is 9.97. The molecule has 0 aliphatic carbocycles. The summed E-state index contributed by atoms with van der Waals surface area (Å²) >= 11 is 0. The summed E-state index contributed by atoms with van der Waals surface area (Å²) in [6.45, 7) is 2.16. The van der Waals surface area contributed by atoms with Crippen molar-refractivity contribution in [2.75, 3.05) is 31.1 Å². The van der Waals surface area contributed by atoms with Crippen molar-refractivity contribution in [2.24, 2.45) is 5.92 Å². The number of halogens is 1. The van der Waals surface area contributed by atoms with Gasteiger partial charge in [0.15, 0.2) is 11.6 Å². The number of nitrogens with zero attached hydrogens (tertiary/aromatic N) is 3. The predicted molar refractivity (Wildman–Crippen MR) is 110 cm³/mol. The van der Waals surface area contributed by atoms with Crippen molar-refractivity contribution < 1.29 is 18.3 Å². The van der Waals surface area contributed by atoms with Gasteiger partial charge in [-0.15, -0.1) is 10.2 Å². The summed E-state index contributed by atoms with van der Waals surface area (Å²) in [6.07, 6.45) is 3.34. The number of nitrogens with one attached hydrogen (secondary N) is 1. The second-order valence-electron chi connectivity index (χ2n) is 7.13. The Kier molecular flexibility index (Phi) is 6.22. The molecular weight excluding hydrogens is 387 g/mol. The van der Waals surface area contributed by atoms with E-state index in [0.717, 1.165) is 25.2 Å². The summed E-state index contributed by atoms with van der Waals surface area (Å²) in [5, 5.41) is 11.5. The largest absolute Gasteiger partial charge is 0.492 e. The molecule has 2 aromatic heterocycles. The molecule has 0 spiro atoms. The highest BCUT2D eigenvalue weighted by atomic mass is 19.1. The minimum atomic E-state index is -0.308. The average Bonchev–Trinajstić information content (AvgIpc) is 3.33. The van der Waals surface area contributed by atoms with Gasteiger partial charge in [0.1, 0.15) is 23.9 Å². The molecule has 3 aromatic rings. The van der Waals surface area contributed by atoms with Crippen LogP contribution in [0.1, 0.15) is 12.8 Å². The van der Waals surface area contributed by atoms with Gasteiger partial charge in [-0.05, 0) is 61.4 Å². The zero-order chi connectivity index (χ0) is 20.8. The van der Waals surface area contributed by atoms with Gasteiger partial charge in [0, 0.05) is 13.1 Å². The lowest BCUT2D eigenvalue weighted by Gasteiger charge is -2.32. The van der Waals surface area contributed by atoms with Crippen LogP contribution in [0.3, 0.4) is 0 Å². The Morgan fingerprint density at radius 2 is 2.07 bits per heavy atom. The Morgan fingerprint density at radius 1 is 1.20 bits per heavy atom. The molecule has 1 atom stereocenters. The van der Waals surface area contributed by atoms with Crippen LogP contribution in [0, 0.1) is 11.7 Å². The Hall–Kier alpha value is -3.42. The number of benzene rings is 1. The molecule has 1 aliphatic heterocycles. The van der Waals surface area contributed by atoms with Gasteiger partial charge >= 0.3 is 0 Å². The third-order valence-electron chi connectivity index (χ3n) is 5.02. The van der Waals surface area contributed by atoms with E-state index in [0.29, 0.717) is 36.9 Å². The number of carbonyl (C=O) groups excluding carboxylic acids is 1. The number of ether oxygens (including phenoxy) is 1. The molecule has 8 heteroatoms. The summed E-state index contributed by atoms with van der Waals surface area (Å²) in [4.78, 5) is 14.6. The van der Waals surface area contributed by atoms with Gasteiger partial charge in [-0.3, -0.25) is 4.79 Å². The SMILES string of the molecule is O=C(NCCOc1ccc(F)cc1)C1CCCN(c2ccc(-c3ccco3)nn2)C1. The van der Waals surface area contributed by atoms with Gasteiger partial charge in [-0.1, -0.05) is 0 Å². The number of anilines is 1. The van der Waals surface area contributed by atoms with Crippen LogP contribution < -0.4 is 15.0 Å². The molecule has 0 saturated carbocycles. The summed E-state index contributed by atoms with van der Waals surface area (Å²) in [6, 6.07) is 13.2. The number of carbonyl (C=O) groups is 1. The number of furan rings is 1. The lowest BCUT2D eigenvalue weighted by molar-refractivity contribution is -0.125. The number of aromatic nitrogens is 2. The average molecular weight is 410 g/mol. The van der Waals surface area contributed by atoms with Gasteiger partial charge in [0.25, 0.3) is 0 Å². The maximum atomic E-state index is 12.9. The standard InChI is InChI=1S/C22H23FN4O3/c23-17-5-7-18(8-6-17)29-14-11-24-22(28)16-3-1-12-27(15-16)21-10-9-19(25-26-21)20-4-2-13-30-20/h2,4-10,13,16H,1,3,11-12,14-15H2,(H,24,28). The predicted octanol–water partition coefficient (Wildman–Crippen LogP) is 3.29. The molecule has 1 unspecified atom stereocenters. The third kappa shape index (κ3) is 4.94. The smallest absolute Gasteiger partial charge is 0.225 e. The fourth-order valence-corrected chi connectivity index (χ4v) is 3.47. The first-order chi connectivity index (χ1) is 14.7. The van der Waals surface area contributed by atoms with Crippen molar-refractivity contribution >= 4 is 11.7 Å². The molecular formula is C22H23FN4O3. The highest BCUT2D eigenvalue weighted by Gasteiger charge is 2.26. The first-order valence-corrected chi connectivity index (χ1v) is 9.98. The van der Waals surface area contributed by atoms with Crippen molar-refractivity contribution in [2.45, 2.75) is 12.8 Å². The van der Waals surface area contributed by atoms with E-state index < -0.39 is 0 Å². The van der Waals surface area contributed by atoms with Gasteiger partial charge in [-0.25, -0.2) is 4.39 Å². The monoisotopic (exact) mass is 410 g/mol. The fraction of sp³-hybridized carbons (Fsp3) is 0.318. The summed E-state index contributed by atoms with van der Waals surface area (Å²) in [7, 11) is 0. The molecule has 4 rings (SSSR count). The Bertz CT molecular complexity index is 946. The Morgan fingerprint density at radius 3 is 2.80 bits per heavy atom. The number of hydrogen-bond donors (Lipinski definition) is 1. The lowest BCUT2D eigenvalue weighted by Crippen LogP contribution is -2.44. The van der Waals surface area contributed by atoms with E-state index in [4.69, 9.17) is 9.15 Å². The van der Waals surface area contributed by atoms with Crippen molar-refractivity contribution in [1.82, 2.24) is 15.5 Å². The summed E-state index contributed by atoms with van der Waals surface area (Å²) in [5.41, 5.74) is 0.677. The minimum absolute atomic E-state index is 0.00238. The summed E-state index contributed by atoms with van der Waals surface area (Å²) in [5.74, 6) is 1.58. The van der Waals surface area contributed by atoms with E-state index in [1.165, 1.54) is 12.1 Å². The second kappa shape index (κ2) is 9.39. The normalized spacial score (nSPS) is 16.3. The van der Waals surface area contributed by atoms with Gasteiger partial charge in [-0.2, -0.15) is 0 Å². The van der Waals surface area contributed by atoms with Crippen LogP contribution >= 0.6 is 0 Å². The quantitative estimate of drug-likeness (QED) is 0.602. The number of piperidine rings is 1. The van der Waals surface area contributed by atoms with Crippen molar-refractivity contribution in [3.05, 3.63) is 60.6 Å². The van der Waals surface area contributed by atoms with Crippen LogP contribution in [0.5, 0.6) is 5.75 Å². The van der Waals surface area contributed by atoms with Gasteiger partial charge in [0.2, 0.25) is 5.91 Å². The maximum absolute atomic E-state index is 12.9. The molecule has 1 aromatic carbocycles. The van der Waals surface area contributed by atoms with E-state index in [2.05, 4.69) is 20.4 Å². The molecule has 0 radical (unpaired) electrons. The van der Waals surface area contributed by atoms with Gasteiger partial charge in [0.05, 0.1) is 18.7 Å². The zero-order valence-electron chi connectivity index (χ0n) is 16.5. The fourth-order valence-electron chi connectivity index (χ4n) is 3.47. The molecule has 0 bridgehead atoms. The van der Waals surface area contributed by atoms with E-state index >= 15 is 0 Å². The van der Waals surface area contributed by atoms with Gasteiger partial charge < -0.3 is 19.4 Å². The van der Waals surface area contributed by atoms with Crippen molar-refractivity contribution in [1.29, 1.82) is 0 Å². The van der Waals surface area contributed by atoms with Crippen molar-refractivity contribution in [3.63, 3.8) is 0 Å². The number of hydrogen-bond acceptors (Lipinski definition) is 6. The van der Waals surface area contributed by atoms with E-state index in [1.807, 2.05) is 24.3 Å². The first kappa shape index (κ1) is 19.9. The van der Waals surface area contributed by atoms with Crippen LogP contribution in [-0.2, 0) is 4.79 Å². The topological polar surface area (TPSA) is 80.5 Å². The second-order valence-corrected chi connectivity index (χ2v) is 7.13. The molecule has 1 amide bonds. The van der Waals surface area contributed by atoms with E-state index in [-0.39, 0.29) is 17.6 Å². The number of amides is 1. The highest BCUT2D eigenvalue weighted by Crippen LogP contribution is 2.23. The van der Waals surface area contributed by atoms with Crippen molar-refractivity contribution in [3.8, 4) is 17.2 Å². The van der Waals surface area contributed by atoms with Crippen LogP contribution in [0.2, 0.25) is 0 Å². The zero-order valence-corrected chi connectivity index (χ0v) is 16.5. The van der Waals surface area contributed by atoms with Crippen LogP contribution in [0.4, 0.5) is 10.2 Å². The molecule has 156 valence electrons. The minimum Gasteiger partial charge on any atom is -0.492 e. The molecule has 1 aliphatic rings.